The molecule has 0 radical (unpaired) electrons. The van der Waals surface area contributed by atoms with Crippen molar-refractivity contribution in [1.82, 2.24) is 14.8 Å². The topological polar surface area (TPSA) is 94.6 Å². The Morgan fingerprint density at radius 2 is 1.43 bits per heavy atom. The Hall–Kier alpha value is -3.26. The number of rotatable bonds is 4. The van der Waals surface area contributed by atoms with Gasteiger partial charge < -0.3 is 20.4 Å². The lowest BCUT2D eigenvalue weighted by molar-refractivity contribution is -0.114. The van der Waals surface area contributed by atoms with Crippen LogP contribution in [0.15, 0.2) is 42.5 Å². The van der Waals surface area contributed by atoms with Gasteiger partial charge in [-0.3, -0.25) is 14.4 Å². The van der Waals surface area contributed by atoms with Crippen LogP contribution in [0, 0.1) is 0 Å². The highest BCUT2D eigenvalue weighted by Crippen LogP contribution is 2.15. The first-order chi connectivity index (χ1) is 13.4. The number of pyridine rings is 1. The van der Waals surface area contributed by atoms with Gasteiger partial charge in [0.05, 0.1) is 0 Å². The van der Waals surface area contributed by atoms with Crippen LogP contribution in [0.4, 0.5) is 11.4 Å². The van der Waals surface area contributed by atoms with Crippen LogP contribution in [-0.4, -0.2) is 65.7 Å². The summed E-state index contributed by atoms with van der Waals surface area (Å²) in [4.78, 5) is 44.4. The summed E-state index contributed by atoms with van der Waals surface area (Å²) in [6.45, 7) is 4.36. The lowest BCUT2D eigenvalue weighted by Crippen LogP contribution is -2.47. The monoisotopic (exact) mass is 381 g/mol. The quantitative estimate of drug-likeness (QED) is 0.840. The van der Waals surface area contributed by atoms with Crippen LogP contribution < -0.4 is 10.6 Å². The van der Waals surface area contributed by atoms with E-state index in [0.29, 0.717) is 24.5 Å². The Labute approximate surface area is 163 Å². The third kappa shape index (κ3) is 4.92. The number of nitrogens with one attached hydrogen (secondary N) is 2. The molecule has 8 nitrogen and oxygen atoms in total. The Morgan fingerprint density at radius 1 is 0.857 bits per heavy atom. The molecule has 0 unspecified atom stereocenters. The van der Waals surface area contributed by atoms with Crippen LogP contribution in [-0.2, 0) is 4.79 Å². The van der Waals surface area contributed by atoms with Crippen molar-refractivity contribution in [2.24, 2.45) is 0 Å². The molecule has 1 aliphatic rings. The number of nitrogens with zero attached hydrogens (tertiary/aromatic N) is 3. The van der Waals surface area contributed by atoms with Crippen molar-refractivity contribution in [1.29, 1.82) is 0 Å². The van der Waals surface area contributed by atoms with Gasteiger partial charge >= 0.3 is 0 Å². The summed E-state index contributed by atoms with van der Waals surface area (Å²) in [5, 5.41) is 5.41. The summed E-state index contributed by atoms with van der Waals surface area (Å²) in [5.74, 6) is -0.731. The largest absolute Gasteiger partial charge is 0.335 e. The number of likely N-dealkylation sites (N-methyl/N-ethyl adjacent to an activating group) is 1. The number of hydrogen-bond acceptors (Lipinski definition) is 5. The number of carbonyl (C=O) groups excluding carboxylic acids is 3. The van der Waals surface area contributed by atoms with E-state index >= 15 is 0 Å². The summed E-state index contributed by atoms with van der Waals surface area (Å²) < 4.78 is 0. The summed E-state index contributed by atoms with van der Waals surface area (Å²) in [5.41, 5.74) is 1.64. The summed E-state index contributed by atoms with van der Waals surface area (Å²) in [6.07, 6.45) is 0. The molecule has 0 saturated carbocycles. The van der Waals surface area contributed by atoms with Crippen molar-refractivity contribution >= 4 is 29.1 Å². The fourth-order valence-corrected chi connectivity index (χ4v) is 2.89. The Balaban J connectivity index is 1.66. The van der Waals surface area contributed by atoms with E-state index < -0.39 is 5.91 Å². The number of benzene rings is 1. The van der Waals surface area contributed by atoms with Crippen LogP contribution in [0.2, 0.25) is 0 Å². The average Bonchev–Trinajstić information content (AvgIpc) is 2.69. The lowest BCUT2D eigenvalue weighted by atomic mass is 10.2. The normalized spacial score (nSPS) is 14.4. The van der Waals surface area contributed by atoms with Gasteiger partial charge in [-0.15, -0.1) is 0 Å². The van der Waals surface area contributed by atoms with Gasteiger partial charge in [-0.2, -0.15) is 0 Å². The molecule has 1 fully saturated rings. The number of carbonyl (C=O) groups is 3. The maximum absolute atomic E-state index is 12.6. The lowest BCUT2D eigenvalue weighted by Gasteiger charge is -2.32. The number of anilines is 2. The molecule has 2 N–H and O–H groups in total. The fraction of sp³-hybridized carbons (Fsp3) is 0.300. The molecule has 0 spiro atoms. The summed E-state index contributed by atoms with van der Waals surface area (Å²) >= 11 is 0. The molecule has 3 amide bonds. The molecule has 1 aromatic heterocycles. The molecule has 2 aromatic rings. The number of piperazine rings is 1. The van der Waals surface area contributed by atoms with Gasteiger partial charge in [-0.25, -0.2) is 4.98 Å². The molecule has 1 saturated heterocycles. The van der Waals surface area contributed by atoms with Crippen molar-refractivity contribution in [3.05, 3.63) is 53.9 Å². The van der Waals surface area contributed by atoms with Gasteiger partial charge in [0.1, 0.15) is 11.4 Å². The van der Waals surface area contributed by atoms with Gasteiger partial charge in [0.2, 0.25) is 5.91 Å². The van der Waals surface area contributed by atoms with Gasteiger partial charge in [-0.05, 0) is 43.4 Å². The van der Waals surface area contributed by atoms with E-state index in [1.165, 1.54) is 6.92 Å². The van der Waals surface area contributed by atoms with E-state index in [2.05, 4.69) is 20.5 Å². The SMILES string of the molecule is CC(=O)Nc1ccc(NC(=O)c2cccc(C(=O)N3CCN(C)CC3)n2)cc1. The van der Waals surface area contributed by atoms with E-state index in [0.717, 1.165) is 13.1 Å². The van der Waals surface area contributed by atoms with E-state index in [9.17, 15) is 14.4 Å². The molecule has 1 aromatic carbocycles. The zero-order chi connectivity index (χ0) is 20.1. The summed E-state index contributed by atoms with van der Waals surface area (Å²) in [6, 6.07) is 11.6. The fourth-order valence-electron chi connectivity index (χ4n) is 2.89. The average molecular weight is 381 g/mol. The second-order valence-electron chi connectivity index (χ2n) is 6.72. The molecule has 0 atom stereocenters. The smallest absolute Gasteiger partial charge is 0.274 e. The highest BCUT2D eigenvalue weighted by atomic mass is 16.2. The zero-order valence-corrected chi connectivity index (χ0v) is 15.9. The van der Waals surface area contributed by atoms with Crippen LogP contribution in [0.5, 0.6) is 0 Å². The molecule has 2 heterocycles. The molecule has 146 valence electrons. The Kier molecular flexibility index (Phi) is 6.00. The molecule has 0 aliphatic carbocycles. The highest BCUT2D eigenvalue weighted by Gasteiger charge is 2.22. The van der Waals surface area contributed by atoms with Crippen LogP contribution in [0.25, 0.3) is 0 Å². The van der Waals surface area contributed by atoms with Crippen molar-refractivity contribution in [2.75, 3.05) is 43.9 Å². The molecular formula is C20H23N5O3. The van der Waals surface area contributed by atoms with Gasteiger partial charge in [-0.1, -0.05) is 6.07 Å². The first-order valence-electron chi connectivity index (χ1n) is 9.06. The van der Waals surface area contributed by atoms with Crippen molar-refractivity contribution in [2.45, 2.75) is 6.92 Å². The number of amides is 3. The second-order valence-corrected chi connectivity index (χ2v) is 6.72. The maximum Gasteiger partial charge on any atom is 0.274 e. The number of hydrogen-bond donors (Lipinski definition) is 2. The predicted octanol–water partition coefficient (Wildman–Crippen LogP) is 1.68. The van der Waals surface area contributed by atoms with Crippen LogP contribution >= 0.6 is 0 Å². The van der Waals surface area contributed by atoms with E-state index in [4.69, 9.17) is 0 Å². The van der Waals surface area contributed by atoms with Crippen molar-refractivity contribution < 1.29 is 14.4 Å². The summed E-state index contributed by atoms with van der Waals surface area (Å²) in [7, 11) is 2.02. The highest BCUT2D eigenvalue weighted by molar-refractivity contribution is 6.04. The molecule has 8 heteroatoms. The van der Waals surface area contributed by atoms with Crippen molar-refractivity contribution in [3.63, 3.8) is 0 Å². The number of aromatic nitrogens is 1. The maximum atomic E-state index is 12.6. The minimum absolute atomic E-state index is 0.164. The van der Waals surface area contributed by atoms with Gasteiger partial charge in [0.25, 0.3) is 11.8 Å². The molecule has 28 heavy (non-hydrogen) atoms. The first kappa shape index (κ1) is 19.5. The predicted molar refractivity (Wildman–Crippen MR) is 106 cm³/mol. The first-order valence-corrected chi connectivity index (χ1v) is 9.06. The second kappa shape index (κ2) is 8.62. The van der Waals surface area contributed by atoms with Gasteiger partial charge in [0, 0.05) is 44.5 Å². The van der Waals surface area contributed by atoms with Gasteiger partial charge in [0.15, 0.2) is 0 Å². The van der Waals surface area contributed by atoms with E-state index in [1.54, 1.807) is 47.4 Å². The third-order valence-corrected chi connectivity index (χ3v) is 4.45. The Morgan fingerprint density at radius 3 is 2.04 bits per heavy atom. The molecule has 0 bridgehead atoms. The van der Waals surface area contributed by atoms with E-state index in [1.807, 2.05) is 7.05 Å². The van der Waals surface area contributed by atoms with Crippen LogP contribution in [0.1, 0.15) is 27.9 Å². The standard InChI is InChI=1S/C20H23N5O3/c1-14(26)21-15-6-8-16(9-7-15)22-19(27)17-4-3-5-18(23-17)20(28)25-12-10-24(2)11-13-25/h3-9H,10-13H2,1-2H3,(H,21,26)(H,22,27). The minimum Gasteiger partial charge on any atom is -0.335 e. The zero-order valence-electron chi connectivity index (χ0n) is 15.9. The van der Waals surface area contributed by atoms with Crippen LogP contribution in [0.3, 0.4) is 0 Å². The Bertz CT molecular complexity index is 874. The van der Waals surface area contributed by atoms with E-state index in [-0.39, 0.29) is 23.2 Å². The molecular weight excluding hydrogens is 358 g/mol. The minimum atomic E-state index is -0.402. The molecule has 3 rings (SSSR count). The molecule has 1 aliphatic heterocycles. The van der Waals surface area contributed by atoms with Crippen molar-refractivity contribution in [3.8, 4) is 0 Å². The third-order valence-electron chi connectivity index (χ3n) is 4.45.